The third-order valence-electron chi connectivity index (χ3n) is 4.52. The van der Waals surface area contributed by atoms with E-state index in [0.29, 0.717) is 34.4 Å². The molecule has 1 heterocycles. The Kier molecular flexibility index (Phi) is 6.74. The van der Waals surface area contributed by atoms with Gasteiger partial charge in [0.05, 0.1) is 46.4 Å². The number of anilines is 1. The highest BCUT2D eigenvalue weighted by molar-refractivity contribution is 6.37. The first-order valence-electron chi connectivity index (χ1n) is 8.77. The molecule has 29 heavy (non-hydrogen) atoms. The van der Waals surface area contributed by atoms with Crippen molar-refractivity contribution in [1.29, 1.82) is 0 Å². The van der Waals surface area contributed by atoms with Crippen molar-refractivity contribution in [3.8, 4) is 0 Å². The first-order chi connectivity index (χ1) is 13.9. The number of hydrogen-bond acceptors (Lipinski definition) is 6. The summed E-state index contributed by atoms with van der Waals surface area (Å²) in [7, 11) is 1.21. The summed E-state index contributed by atoms with van der Waals surface area (Å²) in [6, 6.07) is 7.74. The fraction of sp³-hybridized carbons (Fsp3) is 0.250. The molecule has 1 fully saturated rings. The number of benzene rings is 2. The Labute approximate surface area is 177 Å². The van der Waals surface area contributed by atoms with Crippen LogP contribution < -0.4 is 4.90 Å². The zero-order valence-electron chi connectivity index (χ0n) is 15.6. The highest BCUT2D eigenvalue weighted by Gasteiger charge is 2.18. The van der Waals surface area contributed by atoms with Gasteiger partial charge in [-0.05, 0) is 30.3 Å². The molecule has 3 rings (SSSR count). The van der Waals surface area contributed by atoms with E-state index in [1.807, 2.05) is 12.1 Å². The minimum absolute atomic E-state index is 0.0993. The minimum atomic E-state index is -0.645. The third-order valence-corrected chi connectivity index (χ3v) is 5.14. The molecule has 0 radical (unpaired) electrons. The van der Waals surface area contributed by atoms with Gasteiger partial charge in [-0.1, -0.05) is 29.3 Å². The van der Waals surface area contributed by atoms with Crippen LogP contribution in [0.25, 0.3) is 12.2 Å². The second-order valence-electron chi connectivity index (χ2n) is 6.28. The molecule has 1 aliphatic rings. The zero-order valence-corrected chi connectivity index (χ0v) is 17.1. The monoisotopic (exact) mass is 436 g/mol. The predicted molar refractivity (Wildman–Crippen MR) is 113 cm³/mol. The molecular weight excluding hydrogens is 419 g/mol. The largest absolute Gasteiger partial charge is 0.465 e. The molecule has 0 bridgehead atoms. The van der Waals surface area contributed by atoms with Gasteiger partial charge in [-0.15, -0.1) is 0 Å². The predicted octanol–water partition coefficient (Wildman–Crippen LogP) is 4.70. The lowest BCUT2D eigenvalue weighted by molar-refractivity contribution is -0.385. The molecule has 0 N–H and O–H groups in total. The summed E-state index contributed by atoms with van der Waals surface area (Å²) >= 11 is 12.8. The average molecular weight is 437 g/mol. The van der Waals surface area contributed by atoms with Gasteiger partial charge in [0.15, 0.2) is 0 Å². The molecule has 0 aliphatic carbocycles. The van der Waals surface area contributed by atoms with Crippen LogP contribution in [0.3, 0.4) is 0 Å². The maximum absolute atomic E-state index is 11.6. The molecule has 0 spiro atoms. The van der Waals surface area contributed by atoms with Crippen molar-refractivity contribution in [2.45, 2.75) is 0 Å². The number of nitro benzene ring substituents is 1. The van der Waals surface area contributed by atoms with Crippen molar-refractivity contribution in [3.05, 3.63) is 67.2 Å². The topological polar surface area (TPSA) is 81.9 Å². The van der Waals surface area contributed by atoms with Crippen LogP contribution in [0.4, 0.5) is 11.4 Å². The van der Waals surface area contributed by atoms with Crippen LogP contribution >= 0.6 is 23.2 Å². The molecule has 7 nitrogen and oxygen atoms in total. The Morgan fingerprint density at radius 3 is 2.41 bits per heavy atom. The molecule has 0 atom stereocenters. The molecule has 2 aromatic rings. The van der Waals surface area contributed by atoms with Gasteiger partial charge in [0.1, 0.15) is 0 Å². The standard InChI is InChI=1S/C20H18Cl2N2O5/c1-28-20(25)14-3-2-13(19(10-14)24(26)27)4-5-16-17(21)11-15(12-18(16)22)23-6-8-29-9-7-23/h2-5,10-12H,6-9H2,1H3. The first-order valence-corrected chi connectivity index (χ1v) is 9.53. The van der Waals surface area contributed by atoms with E-state index in [0.717, 1.165) is 18.8 Å². The maximum Gasteiger partial charge on any atom is 0.338 e. The van der Waals surface area contributed by atoms with E-state index in [1.54, 1.807) is 12.2 Å². The summed E-state index contributed by atoms with van der Waals surface area (Å²) in [5.41, 5.74) is 1.64. The molecule has 9 heteroatoms. The van der Waals surface area contributed by atoms with Crippen LogP contribution in [0.1, 0.15) is 21.5 Å². The molecule has 2 aromatic carbocycles. The van der Waals surface area contributed by atoms with E-state index in [9.17, 15) is 14.9 Å². The van der Waals surface area contributed by atoms with Gasteiger partial charge in [-0.2, -0.15) is 0 Å². The summed E-state index contributed by atoms with van der Waals surface area (Å²) in [6.07, 6.45) is 3.16. The van der Waals surface area contributed by atoms with Gasteiger partial charge in [0.25, 0.3) is 5.69 Å². The summed E-state index contributed by atoms with van der Waals surface area (Å²) in [5.74, 6) is -0.645. The molecule has 0 amide bonds. The molecule has 152 valence electrons. The van der Waals surface area contributed by atoms with E-state index in [2.05, 4.69) is 9.64 Å². The van der Waals surface area contributed by atoms with Gasteiger partial charge in [-0.25, -0.2) is 4.79 Å². The zero-order chi connectivity index (χ0) is 21.0. The van der Waals surface area contributed by atoms with Crippen molar-refractivity contribution in [3.63, 3.8) is 0 Å². The molecular formula is C20H18Cl2N2O5. The second kappa shape index (κ2) is 9.26. The molecule has 1 aliphatic heterocycles. The quantitative estimate of drug-likeness (QED) is 0.292. The van der Waals surface area contributed by atoms with Crippen molar-refractivity contribution >= 4 is 52.7 Å². The Bertz CT molecular complexity index is 948. The fourth-order valence-electron chi connectivity index (χ4n) is 2.99. The molecule has 0 unspecified atom stereocenters. The van der Waals surface area contributed by atoms with E-state index in [-0.39, 0.29) is 11.3 Å². The average Bonchev–Trinajstić information content (AvgIpc) is 2.73. The van der Waals surface area contributed by atoms with Crippen LogP contribution in [0.15, 0.2) is 30.3 Å². The number of nitrogens with zero attached hydrogens (tertiary/aromatic N) is 2. The summed E-state index contributed by atoms with van der Waals surface area (Å²) < 4.78 is 9.96. The number of morpholine rings is 1. The van der Waals surface area contributed by atoms with Crippen LogP contribution in [0, 0.1) is 10.1 Å². The smallest absolute Gasteiger partial charge is 0.338 e. The molecule has 1 saturated heterocycles. The number of hydrogen-bond donors (Lipinski definition) is 0. The summed E-state index contributed by atoms with van der Waals surface area (Å²) in [4.78, 5) is 24.6. The highest BCUT2D eigenvalue weighted by atomic mass is 35.5. The van der Waals surface area contributed by atoms with Crippen molar-refractivity contribution in [1.82, 2.24) is 0 Å². The number of esters is 1. The van der Waals surface area contributed by atoms with Gasteiger partial charge in [0, 0.05) is 30.4 Å². The Morgan fingerprint density at radius 2 is 1.83 bits per heavy atom. The second-order valence-corrected chi connectivity index (χ2v) is 7.09. The fourth-order valence-corrected chi connectivity index (χ4v) is 3.60. The normalized spacial score (nSPS) is 14.2. The van der Waals surface area contributed by atoms with Gasteiger partial charge >= 0.3 is 5.97 Å². The van der Waals surface area contributed by atoms with Gasteiger partial charge in [-0.3, -0.25) is 10.1 Å². The van der Waals surface area contributed by atoms with E-state index >= 15 is 0 Å². The lowest BCUT2D eigenvalue weighted by Crippen LogP contribution is -2.36. The van der Waals surface area contributed by atoms with Gasteiger partial charge in [0.2, 0.25) is 0 Å². The number of nitro groups is 1. The van der Waals surface area contributed by atoms with Crippen LogP contribution in [0.5, 0.6) is 0 Å². The minimum Gasteiger partial charge on any atom is -0.465 e. The number of rotatable bonds is 5. The maximum atomic E-state index is 11.6. The number of ether oxygens (including phenoxy) is 2. The Hall–Kier alpha value is -2.61. The lowest BCUT2D eigenvalue weighted by atomic mass is 10.1. The van der Waals surface area contributed by atoms with Crippen LogP contribution in [-0.4, -0.2) is 44.3 Å². The molecule has 0 saturated carbocycles. The number of methoxy groups -OCH3 is 1. The number of halogens is 2. The van der Waals surface area contributed by atoms with E-state index in [4.69, 9.17) is 27.9 Å². The van der Waals surface area contributed by atoms with E-state index in [1.165, 1.54) is 25.3 Å². The Balaban J connectivity index is 1.91. The van der Waals surface area contributed by atoms with Crippen LogP contribution in [-0.2, 0) is 9.47 Å². The van der Waals surface area contributed by atoms with Crippen molar-refractivity contribution < 1.29 is 19.2 Å². The van der Waals surface area contributed by atoms with Crippen molar-refractivity contribution in [2.24, 2.45) is 0 Å². The third kappa shape index (κ3) is 4.87. The number of carbonyl (C=O) groups excluding carboxylic acids is 1. The van der Waals surface area contributed by atoms with Gasteiger partial charge < -0.3 is 14.4 Å². The first kappa shape index (κ1) is 21.1. The summed E-state index contributed by atoms with van der Waals surface area (Å²) in [6.45, 7) is 2.78. The Morgan fingerprint density at radius 1 is 1.17 bits per heavy atom. The molecule has 0 aromatic heterocycles. The SMILES string of the molecule is COC(=O)c1ccc(C=Cc2c(Cl)cc(N3CCOCC3)cc2Cl)c([N+](=O)[O-])c1. The number of carbonyl (C=O) groups is 1. The van der Waals surface area contributed by atoms with E-state index < -0.39 is 10.9 Å². The van der Waals surface area contributed by atoms with Crippen LogP contribution in [0.2, 0.25) is 10.0 Å². The summed E-state index contributed by atoms with van der Waals surface area (Å²) in [5, 5.41) is 12.3. The van der Waals surface area contributed by atoms with Crippen molar-refractivity contribution in [2.75, 3.05) is 38.3 Å². The lowest BCUT2D eigenvalue weighted by Gasteiger charge is -2.29. The highest BCUT2D eigenvalue weighted by Crippen LogP contribution is 2.33.